The molecule has 7 heteroatoms. The second-order valence-electron chi connectivity index (χ2n) is 5.56. The molecule has 1 saturated heterocycles. The number of rotatable bonds is 4. The number of aromatic nitrogens is 1. The lowest BCUT2D eigenvalue weighted by molar-refractivity contribution is -0.130. The molecule has 0 aliphatic carbocycles. The fraction of sp³-hybridized carbons (Fsp3) is 0.667. The molecule has 1 aromatic rings. The van der Waals surface area contributed by atoms with Gasteiger partial charge in [-0.05, 0) is 26.2 Å². The molecule has 6 nitrogen and oxygen atoms in total. The highest BCUT2D eigenvalue weighted by molar-refractivity contribution is 7.09. The van der Waals surface area contributed by atoms with Crippen LogP contribution in [0.4, 0.5) is 0 Å². The van der Waals surface area contributed by atoms with Gasteiger partial charge in [-0.15, -0.1) is 11.3 Å². The molecule has 1 N–H and O–H groups in total. The van der Waals surface area contributed by atoms with Crippen molar-refractivity contribution in [2.75, 3.05) is 33.7 Å². The molecular formula is C15H25N5OS. The number of nitrogens with one attached hydrogen (secondary N) is 1. The lowest BCUT2D eigenvalue weighted by Crippen LogP contribution is -2.46. The second kappa shape index (κ2) is 8.12. The molecule has 1 fully saturated rings. The lowest BCUT2D eigenvalue weighted by Gasteiger charge is -2.28. The Hall–Kier alpha value is -1.63. The molecule has 0 atom stereocenters. The van der Waals surface area contributed by atoms with Crippen molar-refractivity contribution in [1.29, 1.82) is 0 Å². The predicted octanol–water partition coefficient (Wildman–Crippen LogP) is 1.47. The first-order valence-corrected chi connectivity index (χ1v) is 8.58. The van der Waals surface area contributed by atoms with Gasteiger partial charge in [0.1, 0.15) is 0 Å². The summed E-state index contributed by atoms with van der Waals surface area (Å²) in [6, 6.07) is 0. The highest BCUT2D eigenvalue weighted by Crippen LogP contribution is 2.10. The molecule has 0 radical (unpaired) electrons. The summed E-state index contributed by atoms with van der Waals surface area (Å²) in [5, 5.41) is 6.27. The first-order valence-electron chi connectivity index (χ1n) is 7.70. The van der Waals surface area contributed by atoms with Gasteiger partial charge in [-0.1, -0.05) is 0 Å². The van der Waals surface area contributed by atoms with Crippen LogP contribution in [0.5, 0.6) is 0 Å². The molecule has 1 amide bonds. The molecule has 0 spiro atoms. The normalized spacial score (nSPS) is 15.8. The molecule has 2 heterocycles. The number of nitrogens with zero attached hydrogens (tertiary/aromatic N) is 4. The van der Waals surface area contributed by atoms with E-state index in [1.54, 1.807) is 18.4 Å². The highest BCUT2D eigenvalue weighted by atomic mass is 32.1. The van der Waals surface area contributed by atoms with Crippen LogP contribution in [0.25, 0.3) is 0 Å². The van der Waals surface area contributed by atoms with Crippen LogP contribution in [0.2, 0.25) is 0 Å². The van der Waals surface area contributed by atoms with E-state index < -0.39 is 0 Å². The number of thiazole rings is 1. The number of aryl methyl sites for hydroxylation is 1. The van der Waals surface area contributed by atoms with Crippen molar-refractivity contribution in [2.24, 2.45) is 4.99 Å². The molecule has 0 saturated carbocycles. The Morgan fingerprint density at radius 3 is 2.77 bits per heavy atom. The minimum atomic E-state index is 0.152. The fourth-order valence-corrected chi connectivity index (χ4v) is 3.20. The molecule has 1 aliphatic rings. The van der Waals surface area contributed by atoms with Gasteiger partial charge in [0.15, 0.2) is 5.96 Å². The topological polar surface area (TPSA) is 60.8 Å². The maximum Gasteiger partial charge on any atom is 0.241 e. The zero-order chi connectivity index (χ0) is 15.9. The summed E-state index contributed by atoms with van der Waals surface area (Å²) < 4.78 is 0. The maximum atomic E-state index is 12.2. The molecule has 0 bridgehead atoms. The number of likely N-dealkylation sites (tertiary alicyclic amines) is 1. The monoisotopic (exact) mass is 323 g/mol. The molecule has 122 valence electrons. The van der Waals surface area contributed by atoms with Crippen molar-refractivity contribution >= 4 is 23.2 Å². The van der Waals surface area contributed by atoms with E-state index in [1.807, 2.05) is 23.8 Å². The van der Waals surface area contributed by atoms with Gasteiger partial charge in [-0.3, -0.25) is 9.79 Å². The van der Waals surface area contributed by atoms with Gasteiger partial charge in [0, 0.05) is 32.6 Å². The number of hydrogen-bond acceptors (Lipinski definition) is 4. The standard InChI is InChI=1S/C15H25N5OS/c1-12-18-13(11-22-12)10-19(3)15(16-2)17-9-14(21)20-7-5-4-6-8-20/h11H,4-10H2,1-3H3,(H,16,17). The molecule has 0 unspecified atom stereocenters. The van der Waals surface area contributed by atoms with Crippen LogP contribution < -0.4 is 5.32 Å². The van der Waals surface area contributed by atoms with Gasteiger partial charge < -0.3 is 15.1 Å². The van der Waals surface area contributed by atoms with Crippen LogP contribution in [0, 0.1) is 6.92 Å². The van der Waals surface area contributed by atoms with Gasteiger partial charge >= 0.3 is 0 Å². The number of piperidine rings is 1. The van der Waals surface area contributed by atoms with E-state index >= 15 is 0 Å². The summed E-state index contributed by atoms with van der Waals surface area (Å²) in [6.45, 7) is 4.74. The molecule has 0 aromatic carbocycles. The third kappa shape index (κ3) is 4.69. The average Bonchev–Trinajstić information content (AvgIpc) is 2.93. The van der Waals surface area contributed by atoms with Gasteiger partial charge in [0.25, 0.3) is 0 Å². The molecular weight excluding hydrogens is 298 g/mol. The van der Waals surface area contributed by atoms with Crippen molar-refractivity contribution in [2.45, 2.75) is 32.7 Å². The highest BCUT2D eigenvalue weighted by Gasteiger charge is 2.17. The van der Waals surface area contributed by atoms with Crippen molar-refractivity contribution < 1.29 is 4.79 Å². The summed E-state index contributed by atoms with van der Waals surface area (Å²) in [5.74, 6) is 0.870. The Morgan fingerprint density at radius 1 is 1.45 bits per heavy atom. The first-order chi connectivity index (χ1) is 10.6. The van der Waals surface area contributed by atoms with Crippen LogP contribution in [0.3, 0.4) is 0 Å². The Morgan fingerprint density at radius 2 is 2.18 bits per heavy atom. The smallest absolute Gasteiger partial charge is 0.241 e. The van der Waals surface area contributed by atoms with Crippen molar-refractivity contribution in [3.63, 3.8) is 0 Å². The van der Waals surface area contributed by atoms with Gasteiger partial charge in [0.2, 0.25) is 5.91 Å². The molecule has 2 rings (SSSR count). The van der Waals surface area contributed by atoms with Crippen LogP contribution >= 0.6 is 11.3 Å². The van der Waals surface area contributed by atoms with Crippen molar-refractivity contribution in [3.05, 3.63) is 16.1 Å². The summed E-state index contributed by atoms with van der Waals surface area (Å²) in [4.78, 5) is 24.8. The van der Waals surface area contributed by atoms with E-state index in [1.165, 1.54) is 6.42 Å². The minimum Gasteiger partial charge on any atom is -0.347 e. The number of guanidine groups is 1. The lowest BCUT2D eigenvalue weighted by atomic mass is 10.1. The van der Waals surface area contributed by atoms with Gasteiger partial charge in [-0.25, -0.2) is 4.98 Å². The summed E-state index contributed by atoms with van der Waals surface area (Å²) >= 11 is 1.64. The number of amides is 1. The zero-order valence-corrected chi connectivity index (χ0v) is 14.4. The molecule has 1 aromatic heterocycles. The molecule has 1 aliphatic heterocycles. The second-order valence-corrected chi connectivity index (χ2v) is 6.62. The van der Waals surface area contributed by atoms with Crippen molar-refractivity contribution in [1.82, 2.24) is 20.1 Å². The van der Waals surface area contributed by atoms with Crippen molar-refractivity contribution in [3.8, 4) is 0 Å². The quantitative estimate of drug-likeness (QED) is 0.673. The van der Waals surface area contributed by atoms with Crippen LogP contribution in [0.1, 0.15) is 30.0 Å². The zero-order valence-electron chi connectivity index (χ0n) is 13.6. The minimum absolute atomic E-state index is 0.152. The van der Waals surface area contributed by atoms with Crippen LogP contribution in [-0.4, -0.2) is 60.4 Å². The summed E-state index contributed by atoms with van der Waals surface area (Å²) in [6.07, 6.45) is 3.46. The Kier molecular flexibility index (Phi) is 6.18. The fourth-order valence-electron chi connectivity index (χ4n) is 2.59. The largest absolute Gasteiger partial charge is 0.347 e. The van der Waals surface area contributed by atoms with E-state index in [2.05, 4.69) is 20.7 Å². The summed E-state index contributed by atoms with van der Waals surface area (Å²) in [7, 11) is 3.69. The maximum absolute atomic E-state index is 12.2. The van der Waals surface area contributed by atoms with E-state index in [9.17, 15) is 4.79 Å². The van der Waals surface area contributed by atoms with E-state index in [4.69, 9.17) is 0 Å². The van der Waals surface area contributed by atoms with E-state index in [0.29, 0.717) is 13.1 Å². The number of aliphatic imine (C=N–C) groups is 1. The predicted molar refractivity (Wildman–Crippen MR) is 90.1 cm³/mol. The summed E-state index contributed by atoms with van der Waals surface area (Å²) in [5.41, 5.74) is 1.02. The van der Waals surface area contributed by atoms with Crippen LogP contribution in [-0.2, 0) is 11.3 Å². The van der Waals surface area contributed by atoms with Gasteiger partial charge in [0.05, 0.1) is 23.8 Å². The first kappa shape index (κ1) is 16.7. The van der Waals surface area contributed by atoms with E-state index in [0.717, 1.165) is 42.6 Å². The number of carbonyl (C=O) groups is 1. The Bertz CT molecular complexity index is 522. The van der Waals surface area contributed by atoms with Gasteiger partial charge in [-0.2, -0.15) is 0 Å². The number of carbonyl (C=O) groups excluding carboxylic acids is 1. The number of hydrogen-bond donors (Lipinski definition) is 1. The SMILES string of the molecule is CN=C(NCC(=O)N1CCCCC1)N(C)Cc1csc(C)n1. The Balaban J connectivity index is 1.82. The third-order valence-electron chi connectivity index (χ3n) is 3.75. The Labute approximate surface area is 136 Å². The average molecular weight is 323 g/mol. The van der Waals surface area contributed by atoms with E-state index in [-0.39, 0.29) is 5.91 Å². The molecule has 22 heavy (non-hydrogen) atoms. The van der Waals surface area contributed by atoms with Crippen LogP contribution in [0.15, 0.2) is 10.4 Å². The third-order valence-corrected chi connectivity index (χ3v) is 4.57.